The van der Waals surface area contributed by atoms with Crippen LogP contribution in [0.4, 0.5) is 20.2 Å². The van der Waals surface area contributed by atoms with Gasteiger partial charge in [-0.05, 0) is 67.3 Å². The predicted octanol–water partition coefficient (Wildman–Crippen LogP) is 6.06. The molecule has 3 aromatic rings. The Kier molecular flexibility index (Phi) is 6.55. The van der Waals surface area contributed by atoms with E-state index in [1.54, 1.807) is 18.0 Å². The molecule has 4 rings (SSSR count). The summed E-state index contributed by atoms with van der Waals surface area (Å²) in [7, 11) is 1.73. The quantitative estimate of drug-likeness (QED) is 0.463. The number of anilines is 2. The van der Waals surface area contributed by atoms with Gasteiger partial charge in [0.15, 0.2) is 0 Å². The second-order valence-corrected chi connectivity index (χ2v) is 8.76. The fourth-order valence-corrected chi connectivity index (χ4v) is 4.76. The molecule has 0 fully saturated rings. The molecule has 0 aliphatic carbocycles. The molecular weight excluding hydrogens is 430 g/mol. The van der Waals surface area contributed by atoms with Gasteiger partial charge in [0.2, 0.25) is 5.91 Å². The van der Waals surface area contributed by atoms with Crippen molar-refractivity contribution < 1.29 is 18.4 Å². The summed E-state index contributed by atoms with van der Waals surface area (Å²) in [5.41, 5.74) is 2.59. The predicted molar refractivity (Wildman–Crippen MR) is 122 cm³/mol. The zero-order valence-electron chi connectivity index (χ0n) is 17.5. The lowest BCUT2D eigenvalue weighted by Crippen LogP contribution is -2.26. The minimum Gasteiger partial charge on any atom is -0.326 e. The van der Waals surface area contributed by atoms with Crippen molar-refractivity contribution >= 4 is 35.0 Å². The van der Waals surface area contributed by atoms with Crippen molar-refractivity contribution in [3.05, 3.63) is 83.4 Å². The van der Waals surface area contributed by atoms with Gasteiger partial charge >= 0.3 is 0 Å². The van der Waals surface area contributed by atoms with Gasteiger partial charge in [0.1, 0.15) is 11.6 Å². The molecule has 164 valence electrons. The highest BCUT2D eigenvalue weighted by Crippen LogP contribution is 2.41. The minimum absolute atomic E-state index is 0.0934. The van der Waals surface area contributed by atoms with Crippen LogP contribution in [-0.4, -0.2) is 18.9 Å². The summed E-state index contributed by atoms with van der Waals surface area (Å²) in [6.45, 7) is 0. The van der Waals surface area contributed by atoms with Crippen LogP contribution in [0.1, 0.15) is 35.2 Å². The largest absolute Gasteiger partial charge is 0.326 e. The van der Waals surface area contributed by atoms with E-state index in [4.69, 9.17) is 0 Å². The minimum atomic E-state index is -0.592. The molecule has 0 atom stereocenters. The maximum atomic E-state index is 13.3. The molecule has 0 radical (unpaired) electrons. The number of nitrogens with zero attached hydrogens (tertiary/aromatic N) is 1. The zero-order chi connectivity index (χ0) is 22.7. The number of rotatable bonds is 6. The zero-order valence-corrected chi connectivity index (χ0v) is 18.3. The van der Waals surface area contributed by atoms with E-state index < -0.39 is 11.6 Å². The summed E-state index contributed by atoms with van der Waals surface area (Å²) >= 11 is 1.53. The topological polar surface area (TPSA) is 49.4 Å². The van der Waals surface area contributed by atoms with Gasteiger partial charge in [-0.25, -0.2) is 8.78 Å². The number of benzene rings is 3. The number of hydrogen-bond acceptors (Lipinski definition) is 3. The highest BCUT2D eigenvalue weighted by atomic mass is 32.2. The lowest BCUT2D eigenvalue weighted by Gasteiger charge is -2.18. The van der Waals surface area contributed by atoms with E-state index in [-0.39, 0.29) is 11.8 Å². The Hall–Kier alpha value is -3.19. The number of carbonyl (C=O) groups excluding carboxylic acids is 2. The van der Waals surface area contributed by atoms with Crippen molar-refractivity contribution in [2.45, 2.75) is 35.5 Å². The molecule has 0 saturated heterocycles. The SMILES string of the molecule is CN1C(=O)c2ccccc2Sc2ccc(NC(=O)CCCCc3cc(F)cc(F)c3)cc21. The normalized spacial score (nSPS) is 12.7. The molecule has 0 unspecified atom stereocenters. The number of carbonyl (C=O) groups is 2. The Morgan fingerprint density at radius 1 is 0.969 bits per heavy atom. The second kappa shape index (κ2) is 9.53. The average molecular weight is 453 g/mol. The lowest BCUT2D eigenvalue weighted by molar-refractivity contribution is -0.116. The van der Waals surface area contributed by atoms with Crippen LogP contribution >= 0.6 is 11.8 Å². The van der Waals surface area contributed by atoms with Crippen molar-refractivity contribution in [1.29, 1.82) is 0 Å². The van der Waals surface area contributed by atoms with Crippen molar-refractivity contribution in [1.82, 2.24) is 0 Å². The summed E-state index contributed by atoms with van der Waals surface area (Å²) in [6, 6.07) is 16.5. The molecule has 2 amide bonds. The summed E-state index contributed by atoms with van der Waals surface area (Å²) < 4.78 is 26.5. The van der Waals surface area contributed by atoms with Crippen LogP contribution < -0.4 is 10.2 Å². The summed E-state index contributed by atoms with van der Waals surface area (Å²) in [6.07, 6.45) is 2.04. The Morgan fingerprint density at radius 3 is 2.50 bits per heavy atom. The third-order valence-corrected chi connectivity index (χ3v) is 6.43. The number of fused-ring (bicyclic) bond motifs is 2. The van der Waals surface area contributed by atoms with Crippen LogP contribution in [0.25, 0.3) is 0 Å². The number of amides is 2. The van der Waals surface area contributed by atoms with E-state index in [0.29, 0.717) is 42.5 Å². The number of nitrogens with one attached hydrogen (secondary N) is 1. The van der Waals surface area contributed by atoms with Gasteiger partial charge in [-0.3, -0.25) is 9.59 Å². The third-order valence-electron chi connectivity index (χ3n) is 5.29. The van der Waals surface area contributed by atoms with E-state index in [1.165, 1.54) is 23.9 Å². The molecule has 1 N–H and O–H groups in total. The summed E-state index contributed by atoms with van der Waals surface area (Å²) in [5, 5.41) is 2.88. The molecule has 32 heavy (non-hydrogen) atoms. The molecule has 4 nitrogen and oxygen atoms in total. The van der Waals surface area contributed by atoms with Crippen molar-refractivity contribution in [3.63, 3.8) is 0 Å². The van der Waals surface area contributed by atoms with E-state index in [9.17, 15) is 18.4 Å². The van der Waals surface area contributed by atoms with Gasteiger partial charge < -0.3 is 10.2 Å². The Balaban J connectivity index is 1.36. The maximum absolute atomic E-state index is 13.3. The summed E-state index contributed by atoms with van der Waals surface area (Å²) in [5.74, 6) is -1.42. The molecule has 1 heterocycles. The molecular formula is C25H22F2N2O2S. The molecule has 1 aliphatic rings. The molecule has 7 heteroatoms. The smallest absolute Gasteiger partial charge is 0.259 e. The van der Waals surface area contributed by atoms with Gasteiger partial charge in [-0.1, -0.05) is 23.9 Å². The Labute approximate surface area is 189 Å². The van der Waals surface area contributed by atoms with E-state index >= 15 is 0 Å². The number of aryl methyl sites for hydroxylation is 1. The van der Waals surface area contributed by atoms with Crippen LogP contribution in [0, 0.1) is 11.6 Å². The van der Waals surface area contributed by atoms with Crippen LogP contribution in [0.3, 0.4) is 0 Å². The molecule has 3 aromatic carbocycles. The van der Waals surface area contributed by atoms with Crippen molar-refractivity contribution in [3.8, 4) is 0 Å². The first kappa shape index (κ1) is 22.0. The third kappa shape index (κ3) is 4.99. The standard InChI is InChI=1S/C25H22F2N2O2S/c1-29-21-15-19(10-11-23(21)32-22-8-4-3-7-20(22)25(29)31)28-24(30)9-5-2-6-16-12-17(26)14-18(27)13-16/h3-4,7-8,10-15H,2,5-6,9H2,1H3,(H,28,30). The number of halogens is 2. The lowest BCUT2D eigenvalue weighted by atomic mass is 10.1. The van der Waals surface area contributed by atoms with Gasteiger partial charge in [-0.2, -0.15) is 0 Å². The molecule has 0 aromatic heterocycles. The Bertz CT molecular complexity index is 1160. The van der Waals surface area contributed by atoms with Crippen molar-refractivity contribution in [2.75, 3.05) is 17.3 Å². The van der Waals surface area contributed by atoms with E-state index in [0.717, 1.165) is 21.5 Å². The van der Waals surface area contributed by atoms with Crippen LogP contribution in [0.5, 0.6) is 0 Å². The molecule has 0 saturated carbocycles. The first-order valence-corrected chi connectivity index (χ1v) is 11.2. The molecule has 0 spiro atoms. The second-order valence-electron chi connectivity index (χ2n) is 7.68. The highest BCUT2D eigenvalue weighted by molar-refractivity contribution is 7.99. The van der Waals surface area contributed by atoms with Crippen LogP contribution in [-0.2, 0) is 11.2 Å². The Morgan fingerprint density at radius 2 is 1.72 bits per heavy atom. The molecule has 0 bridgehead atoms. The van der Waals surface area contributed by atoms with Gasteiger partial charge in [0, 0.05) is 35.0 Å². The van der Waals surface area contributed by atoms with Crippen molar-refractivity contribution in [2.24, 2.45) is 0 Å². The first-order chi connectivity index (χ1) is 15.4. The maximum Gasteiger partial charge on any atom is 0.259 e. The van der Waals surface area contributed by atoms with Gasteiger partial charge in [0.05, 0.1) is 11.3 Å². The summed E-state index contributed by atoms with van der Waals surface area (Å²) in [4.78, 5) is 28.7. The first-order valence-electron chi connectivity index (χ1n) is 10.3. The van der Waals surface area contributed by atoms with Gasteiger partial charge in [-0.15, -0.1) is 0 Å². The fraction of sp³-hybridized carbons (Fsp3) is 0.200. The van der Waals surface area contributed by atoms with Gasteiger partial charge in [0.25, 0.3) is 5.91 Å². The monoisotopic (exact) mass is 452 g/mol. The van der Waals surface area contributed by atoms with E-state index in [1.807, 2.05) is 36.4 Å². The number of hydrogen-bond donors (Lipinski definition) is 1. The van der Waals surface area contributed by atoms with Crippen LogP contribution in [0.15, 0.2) is 70.5 Å². The highest BCUT2D eigenvalue weighted by Gasteiger charge is 2.24. The average Bonchev–Trinajstić information content (AvgIpc) is 2.86. The van der Waals surface area contributed by atoms with Crippen LogP contribution in [0.2, 0.25) is 0 Å². The molecule has 1 aliphatic heterocycles. The fourth-order valence-electron chi connectivity index (χ4n) is 3.68. The van der Waals surface area contributed by atoms with E-state index in [2.05, 4.69) is 5.32 Å². The number of unbranched alkanes of at least 4 members (excludes halogenated alkanes) is 1.